The first kappa shape index (κ1) is 19.3. The highest BCUT2D eigenvalue weighted by atomic mass is 32.1. The van der Waals surface area contributed by atoms with Crippen LogP contribution in [0.5, 0.6) is 17.2 Å². The van der Waals surface area contributed by atoms with Gasteiger partial charge in [-0.15, -0.1) is 11.3 Å². The number of nitrogens with one attached hydrogen (secondary N) is 1. The number of amides is 1. The molecular weight excluding hydrogens is 388 g/mol. The Hall–Kier alpha value is -3.06. The third-order valence-electron chi connectivity index (χ3n) is 4.87. The monoisotopic (exact) mass is 410 g/mol. The van der Waals surface area contributed by atoms with Crippen molar-refractivity contribution in [3.05, 3.63) is 52.9 Å². The zero-order valence-electron chi connectivity index (χ0n) is 16.4. The Kier molecular flexibility index (Phi) is 5.67. The molecule has 1 N–H and O–H groups in total. The van der Waals surface area contributed by atoms with Crippen molar-refractivity contribution in [2.24, 2.45) is 0 Å². The molecule has 150 valence electrons. The fraction of sp³-hybridized carbons (Fsp3) is 0.273. The Morgan fingerprint density at radius 3 is 2.72 bits per heavy atom. The topological polar surface area (TPSA) is 69.7 Å². The maximum absolute atomic E-state index is 12.2. The Balaban J connectivity index is 1.37. The summed E-state index contributed by atoms with van der Waals surface area (Å²) in [5.41, 5.74) is 4.34. The van der Waals surface area contributed by atoms with Gasteiger partial charge in [-0.3, -0.25) is 10.1 Å². The first-order valence-corrected chi connectivity index (χ1v) is 10.3. The largest absolute Gasteiger partial charge is 0.493 e. The van der Waals surface area contributed by atoms with Gasteiger partial charge in [0.2, 0.25) is 0 Å². The summed E-state index contributed by atoms with van der Waals surface area (Å²) in [6.07, 6.45) is 3.39. The normalized spacial score (nSPS) is 12.3. The number of aryl methyl sites for hydroxylation is 2. The lowest BCUT2D eigenvalue weighted by Gasteiger charge is -2.08. The molecule has 6 nitrogen and oxygen atoms in total. The Bertz CT molecular complexity index is 1030. The first-order valence-electron chi connectivity index (χ1n) is 9.38. The highest BCUT2D eigenvalue weighted by molar-refractivity contribution is 7.14. The summed E-state index contributed by atoms with van der Waals surface area (Å²) in [6, 6.07) is 11.6. The van der Waals surface area contributed by atoms with Gasteiger partial charge in [0.15, 0.2) is 23.2 Å². The maximum atomic E-state index is 12.2. The average molecular weight is 410 g/mol. The van der Waals surface area contributed by atoms with Crippen LogP contribution in [0, 0.1) is 0 Å². The summed E-state index contributed by atoms with van der Waals surface area (Å²) in [4.78, 5) is 16.7. The Labute approximate surface area is 173 Å². The molecule has 0 atom stereocenters. The van der Waals surface area contributed by atoms with E-state index in [4.69, 9.17) is 14.2 Å². The number of benzene rings is 2. The van der Waals surface area contributed by atoms with E-state index in [0.29, 0.717) is 16.6 Å². The summed E-state index contributed by atoms with van der Waals surface area (Å²) in [5.74, 6) is 1.78. The van der Waals surface area contributed by atoms with Crippen molar-refractivity contribution >= 4 is 22.4 Å². The van der Waals surface area contributed by atoms with Gasteiger partial charge in [0.25, 0.3) is 5.91 Å². The molecule has 7 heteroatoms. The fourth-order valence-corrected chi connectivity index (χ4v) is 4.14. The number of rotatable bonds is 7. The average Bonchev–Trinajstić information content (AvgIpc) is 3.40. The van der Waals surface area contributed by atoms with Gasteiger partial charge in [0.1, 0.15) is 5.75 Å². The van der Waals surface area contributed by atoms with Gasteiger partial charge >= 0.3 is 0 Å². The molecule has 0 unspecified atom stereocenters. The van der Waals surface area contributed by atoms with Gasteiger partial charge in [0.05, 0.1) is 19.9 Å². The van der Waals surface area contributed by atoms with E-state index in [9.17, 15) is 4.79 Å². The van der Waals surface area contributed by atoms with Crippen LogP contribution < -0.4 is 19.5 Å². The molecule has 3 aromatic rings. The van der Waals surface area contributed by atoms with Gasteiger partial charge < -0.3 is 14.2 Å². The zero-order valence-corrected chi connectivity index (χ0v) is 17.2. The third-order valence-corrected chi connectivity index (χ3v) is 5.63. The van der Waals surface area contributed by atoms with Gasteiger partial charge in [-0.1, -0.05) is 6.07 Å². The van der Waals surface area contributed by atoms with Crippen LogP contribution in [-0.4, -0.2) is 31.7 Å². The van der Waals surface area contributed by atoms with Crippen LogP contribution in [0.3, 0.4) is 0 Å². The highest BCUT2D eigenvalue weighted by Gasteiger charge is 2.13. The summed E-state index contributed by atoms with van der Waals surface area (Å²) < 4.78 is 16.2. The standard InChI is InChI=1S/C22H22N2O4S/c1-26-19-9-7-16(11-20(19)27-2)18-13-29-22(23-18)24-21(25)12-28-17-8-6-14-4-3-5-15(14)10-17/h6-11,13H,3-5,12H2,1-2H3,(H,23,24,25). The lowest BCUT2D eigenvalue weighted by molar-refractivity contribution is -0.118. The second-order valence-corrected chi connectivity index (χ2v) is 7.59. The lowest BCUT2D eigenvalue weighted by atomic mass is 10.1. The van der Waals surface area contributed by atoms with E-state index in [1.165, 1.54) is 28.9 Å². The number of hydrogen-bond acceptors (Lipinski definition) is 6. The van der Waals surface area contributed by atoms with E-state index in [2.05, 4.69) is 16.4 Å². The minimum absolute atomic E-state index is 0.0515. The van der Waals surface area contributed by atoms with E-state index >= 15 is 0 Å². The number of methoxy groups -OCH3 is 2. The number of hydrogen-bond donors (Lipinski definition) is 1. The van der Waals surface area contributed by atoms with Crippen molar-refractivity contribution in [2.45, 2.75) is 19.3 Å². The van der Waals surface area contributed by atoms with Crippen LogP contribution >= 0.6 is 11.3 Å². The summed E-state index contributed by atoms with van der Waals surface area (Å²) in [5, 5.41) is 5.21. The third kappa shape index (κ3) is 4.35. The minimum Gasteiger partial charge on any atom is -0.493 e. The van der Waals surface area contributed by atoms with E-state index in [1.807, 2.05) is 35.7 Å². The number of carbonyl (C=O) groups is 1. The van der Waals surface area contributed by atoms with Gasteiger partial charge in [0, 0.05) is 10.9 Å². The first-order chi connectivity index (χ1) is 14.2. The quantitative estimate of drug-likeness (QED) is 0.628. The van der Waals surface area contributed by atoms with Gasteiger partial charge in [-0.2, -0.15) is 0 Å². The van der Waals surface area contributed by atoms with E-state index in [-0.39, 0.29) is 12.5 Å². The van der Waals surface area contributed by atoms with Crippen LogP contribution in [0.2, 0.25) is 0 Å². The number of aromatic nitrogens is 1. The molecule has 29 heavy (non-hydrogen) atoms. The Morgan fingerprint density at radius 1 is 1.07 bits per heavy atom. The van der Waals surface area contributed by atoms with E-state index in [0.717, 1.165) is 29.8 Å². The summed E-state index contributed by atoms with van der Waals surface area (Å²) >= 11 is 1.36. The van der Waals surface area contributed by atoms with Crippen LogP contribution in [0.15, 0.2) is 41.8 Å². The maximum Gasteiger partial charge on any atom is 0.264 e. The van der Waals surface area contributed by atoms with E-state index in [1.54, 1.807) is 14.2 Å². The zero-order chi connectivity index (χ0) is 20.2. The second kappa shape index (κ2) is 8.53. The van der Waals surface area contributed by atoms with E-state index < -0.39 is 0 Å². The van der Waals surface area contributed by atoms with Crippen LogP contribution in [0.25, 0.3) is 11.3 Å². The smallest absolute Gasteiger partial charge is 0.264 e. The number of thiazole rings is 1. The van der Waals surface area contributed by atoms with Crippen LogP contribution in [0.4, 0.5) is 5.13 Å². The number of ether oxygens (including phenoxy) is 3. The summed E-state index contributed by atoms with van der Waals surface area (Å²) in [6.45, 7) is -0.0515. The lowest BCUT2D eigenvalue weighted by Crippen LogP contribution is -2.20. The van der Waals surface area contributed by atoms with Crippen molar-refractivity contribution in [3.63, 3.8) is 0 Å². The minimum atomic E-state index is -0.237. The molecule has 1 amide bonds. The molecule has 1 aromatic heterocycles. The van der Waals surface area contributed by atoms with Crippen molar-refractivity contribution in [1.29, 1.82) is 0 Å². The predicted octanol–water partition coefficient (Wildman–Crippen LogP) is 4.33. The molecule has 1 aliphatic rings. The fourth-order valence-electron chi connectivity index (χ4n) is 3.40. The van der Waals surface area contributed by atoms with Crippen molar-refractivity contribution < 1.29 is 19.0 Å². The second-order valence-electron chi connectivity index (χ2n) is 6.73. The predicted molar refractivity (Wildman–Crippen MR) is 113 cm³/mol. The molecule has 2 aromatic carbocycles. The molecule has 1 aliphatic carbocycles. The van der Waals surface area contributed by atoms with Gasteiger partial charge in [-0.25, -0.2) is 4.98 Å². The summed E-state index contributed by atoms with van der Waals surface area (Å²) in [7, 11) is 3.19. The number of nitrogens with zero attached hydrogens (tertiary/aromatic N) is 1. The van der Waals surface area contributed by atoms with Crippen molar-refractivity contribution in [1.82, 2.24) is 4.98 Å². The van der Waals surface area contributed by atoms with Crippen molar-refractivity contribution in [2.75, 3.05) is 26.1 Å². The SMILES string of the molecule is COc1ccc(-c2csc(NC(=O)COc3ccc4c(c3)CCC4)n2)cc1OC. The highest BCUT2D eigenvalue weighted by Crippen LogP contribution is 2.33. The molecule has 0 aliphatic heterocycles. The molecule has 1 heterocycles. The molecule has 0 fully saturated rings. The molecule has 0 bridgehead atoms. The molecule has 4 rings (SSSR count). The number of anilines is 1. The number of carbonyl (C=O) groups excluding carboxylic acids is 1. The molecule has 0 spiro atoms. The van der Waals surface area contributed by atoms with Gasteiger partial charge in [-0.05, 0) is 60.7 Å². The number of fused-ring (bicyclic) bond motifs is 1. The van der Waals surface area contributed by atoms with Crippen LogP contribution in [0.1, 0.15) is 17.5 Å². The van der Waals surface area contributed by atoms with Crippen LogP contribution in [-0.2, 0) is 17.6 Å². The molecular formula is C22H22N2O4S. The molecule has 0 saturated carbocycles. The Morgan fingerprint density at radius 2 is 1.90 bits per heavy atom. The van der Waals surface area contributed by atoms with Crippen molar-refractivity contribution in [3.8, 4) is 28.5 Å². The molecule has 0 saturated heterocycles. The molecule has 0 radical (unpaired) electrons.